The minimum absolute atomic E-state index is 0.0407. The van der Waals surface area contributed by atoms with E-state index in [1.165, 1.54) is 0 Å². The molecule has 1 aliphatic rings. The molecule has 0 bridgehead atoms. The molecule has 1 aromatic rings. The lowest BCUT2D eigenvalue weighted by Gasteiger charge is -2.21. The van der Waals surface area contributed by atoms with Gasteiger partial charge in [-0.2, -0.15) is 0 Å². The van der Waals surface area contributed by atoms with Crippen LogP contribution in [0.25, 0.3) is 0 Å². The van der Waals surface area contributed by atoms with Crippen LogP contribution in [0.3, 0.4) is 0 Å². The third kappa shape index (κ3) is 9.91. The van der Waals surface area contributed by atoms with Crippen molar-refractivity contribution >= 4 is 17.6 Å². The summed E-state index contributed by atoms with van der Waals surface area (Å²) in [6.45, 7) is 2.11. The molecule has 0 radical (unpaired) electrons. The van der Waals surface area contributed by atoms with Crippen LogP contribution in [-0.4, -0.2) is 42.7 Å². The van der Waals surface area contributed by atoms with E-state index in [0.717, 1.165) is 50.6 Å². The summed E-state index contributed by atoms with van der Waals surface area (Å²) in [5.74, 6) is 0.378. The normalized spacial score (nSPS) is 15.5. The van der Waals surface area contributed by atoms with Gasteiger partial charge in [-0.25, -0.2) is 5.48 Å². The first-order valence-electron chi connectivity index (χ1n) is 9.73. The molecule has 0 aliphatic carbocycles. The second-order valence-electron chi connectivity index (χ2n) is 6.60. The first-order valence-corrected chi connectivity index (χ1v) is 9.73. The topological polar surface area (TPSA) is 111 Å². The number of hydrogen-bond donors (Lipinski definition) is 3. The Labute approximate surface area is 160 Å². The number of anilines is 1. The van der Waals surface area contributed by atoms with Gasteiger partial charge in [0.15, 0.2) is 5.96 Å². The number of unbranched alkanes of at least 4 members (excludes halogenated alkanes) is 4. The maximum Gasteiger partial charge on any atom is 0.243 e. The maximum absolute atomic E-state index is 11.7. The van der Waals surface area contributed by atoms with Crippen molar-refractivity contribution in [2.24, 2.45) is 10.7 Å². The molecular formula is C19H31N5O3. The predicted molar refractivity (Wildman–Crippen MR) is 105 cm³/mol. The number of ether oxygens (including phenoxy) is 1. The molecular weight excluding hydrogens is 346 g/mol. The quantitative estimate of drug-likeness (QED) is 0.236. The molecule has 1 aromatic heterocycles. The molecule has 0 atom stereocenters. The largest absolute Gasteiger partial charge is 0.381 e. The van der Waals surface area contributed by atoms with Gasteiger partial charge in [0.2, 0.25) is 5.91 Å². The molecule has 1 amide bonds. The zero-order chi connectivity index (χ0) is 19.2. The van der Waals surface area contributed by atoms with E-state index < -0.39 is 0 Å². The van der Waals surface area contributed by atoms with E-state index in [0.29, 0.717) is 32.1 Å². The van der Waals surface area contributed by atoms with E-state index in [1.807, 2.05) is 12.1 Å². The zero-order valence-electron chi connectivity index (χ0n) is 15.9. The number of hydroxylamine groups is 1. The van der Waals surface area contributed by atoms with Crippen molar-refractivity contribution in [2.75, 3.05) is 25.1 Å². The average molecular weight is 377 g/mol. The Hall–Kier alpha value is -2.19. The van der Waals surface area contributed by atoms with Crippen LogP contribution in [0, 0.1) is 0 Å². The van der Waals surface area contributed by atoms with Gasteiger partial charge in [0, 0.05) is 44.3 Å². The maximum atomic E-state index is 11.7. The highest BCUT2D eigenvalue weighted by molar-refractivity contribution is 5.92. The van der Waals surface area contributed by atoms with Crippen LogP contribution in [0.4, 0.5) is 5.69 Å². The van der Waals surface area contributed by atoms with E-state index in [1.54, 1.807) is 12.4 Å². The van der Waals surface area contributed by atoms with Gasteiger partial charge < -0.3 is 15.8 Å². The van der Waals surface area contributed by atoms with Gasteiger partial charge in [-0.15, -0.1) is 0 Å². The van der Waals surface area contributed by atoms with Gasteiger partial charge in [-0.05, 0) is 37.8 Å². The second kappa shape index (κ2) is 13.1. The van der Waals surface area contributed by atoms with Crippen molar-refractivity contribution in [1.82, 2.24) is 10.5 Å². The van der Waals surface area contributed by atoms with Crippen molar-refractivity contribution < 1.29 is 14.4 Å². The van der Waals surface area contributed by atoms with Crippen LogP contribution in [0.5, 0.6) is 0 Å². The number of pyridine rings is 1. The standard InChI is InChI=1S/C19H31N5O3/c20-19(23-16-7-12-21-13-8-16)22-11-5-3-1-2-4-6-18(25)24-27-17-9-14-26-15-10-17/h7-8,12-13,17H,1-6,9-11,14-15H2,(H,24,25)(H3,20,21,22,23). The summed E-state index contributed by atoms with van der Waals surface area (Å²) in [5, 5.41) is 3.03. The van der Waals surface area contributed by atoms with Gasteiger partial charge in [0.1, 0.15) is 0 Å². The number of guanidine groups is 1. The van der Waals surface area contributed by atoms with Crippen molar-refractivity contribution in [1.29, 1.82) is 0 Å². The van der Waals surface area contributed by atoms with Crippen LogP contribution < -0.4 is 16.5 Å². The van der Waals surface area contributed by atoms with Crippen molar-refractivity contribution in [2.45, 2.75) is 57.5 Å². The molecule has 1 fully saturated rings. The number of nitrogens with two attached hydrogens (primary N) is 1. The highest BCUT2D eigenvalue weighted by Crippen LogP contribution is 2.10. The van der Waals surface area contributed by atoms with Crippen molar-refractivity contribution in [3.8, 4) is 0 Å². The first-order chi connectivity index (χ1) is 13.2. The van der Waals surface area contributed by atoms with Crippen LogP contribution in [0.15, 0.2) is 29.5 Å². The van der Waals surface area contributed by atoms with Gasteiger partial charge in [0.05, 0.1) is 6.10 Å². The Bertz CT molecular complexity index is 562. The Morgan fingerprint density at radius 3 is 2.67 bits per heavy atom. The summed E-state index contributed by atoms with van der Waals surface area (Å²) < 4.78 is 5.25. The number of nitrogens with one attached hydrogen (secondary N) is 2. The Morgan fingerprint density at radius 1 is 1.19 bits per heavy atom. The number of aliphatic imine (C=N–C) groups is 1. The minimum Gasteiger partial charge on any atom is -0.381 e. The second-order valence-corrected chi connectivity index (χ2v) is 6.60. The monoisotopic (exact) mass is 377 g/mol. The number of hydrogen-bond acceptors (Lipinski definition) is 5. The van der Waals surface area contributed by atoms with Crippen LogP contribution in [0.2, 0.25) is 0 Å². The molecule has 0 spiro atoms. The average Bonchev–Trinajstić information content (AvgIpc) is 2.70. The fourth-order valence-electron chi connectivity index (χ4n) is 2.74. The SMILES string of the molecule is NC(=NCCCCCCCC(=O)NOC1CCOCC1)Nc1ccncc1. The Balaban J connectivity index is 1.41. The summed E-state index contributed by atoms with van der Waals surface area (Å²) in [7, 11) is 0. The number of carbonyl (C=O) groups is 1. The van der Waals surface area contributed by atoms with E-state index in [-0.39, 0.29) is 12.0 Å². The number of amides is 1. The van der Waals surface area contributed by atoms with Gasteiger partial charge in [-0.1, -0.05) is 19.3 Å². The fraction of sp³-hybridized carbons (Fsp3) is 0.632. The van der Waals surface area contributed by atoms with E-state index in [4.69, 9.17) is 15.3 Å². The van der Waals surface area contributed by atoms with Crippen LogP contribution in [0.1, 0.15) is 51.4 Å². The predicted octanol–water partition coefficient (Wildman–Crippen LogP) is 2.38. The molecule has 0 aromatic carbocycles. The molecule has 150 valence electrons. The molecule has 8 nitrogen and oxygen atoms in total. The fourth-order valence-corrected chi connectivity index (χ4v) is 2.74. The molecule has 27 heavy (non-hydrogen) atoms. The molecule has 1 aliphatic heterocycles. The molecule has 2 heterocycles. The molecule has 2 rings (SSSR count). The molecule has 0 unspecified atom stereocenters. The van der Waals surface area contributed by atoms with E-state index in [9.17, 15) is 4.79 Å². The van der Waals surface area contributed by atoms with Crippen LogP contribution in [-0.2, 0) is 14.4 Å². The van der Waals surface area contributed by atoms with Gasteiger partial charge >= 0.3 is 0 Å². The molecule has 4 N–H and O–H groups in total. The molecule has 8 heteroatoms. The summed E-state index contributed by atoms with van der Waals surface area (Å²) in [6.07, 6.45) is 10.7. The van der Waals surface area contributed by atoms with Gasteiger partial charge in [-0.3, -0.25) is 19.6 Å². The highest BCUT2D eigenvalue weighted by Gasteiger charge is 2.15. The highest BCUT2D eigenvalue weighted by atomic mass is 16.7. The summed E-state index contributed by atoms with van der Waals surface area (Å²) in [4.78, 5) is 25.4. The lowest BCUT2D eigenvalue weighted by molar-refractivity contribution is -0.143. The summed E-state index contributed by atoms with van der Waals surface area (Å²) >= 11 is 0. The third-order valence-corrected chi connectivity index (χ3v) is 4.30. The number of rotatable bonds is 11. The number of nitrogens with zero attached hydrogens (tertiary/aromatic N) is 2. The smallest absolute Gasteiger partial charge is 0.243 e. The Kier molecular flexibility index (Phi) is 10.2. The summed E-state index contributed by atoms with van der Waals surface area (Å²) in [5.41, 5.74) is 9.28. The summed E-state index contributed by atoms with van der Waals surface area (Å²) in [6, 6.07) is 3.68. The van der Waals surface area contributed by atoms with E-state index in [2.05, 4.69) is 20.8 Å². The first kappa shape index (κ1) is 21.1. The third-order valence-electron chi connectivity index (χ3n) is 4.30. The molecule has 0 saturated carbocycles. The minimum atomic E-state index is -0.0407. The molecule has 1 saturated heterocycles. The van der Waals surface area contributed by atoms with Crippen LogP contribution >= 0.6 is 0 Å². The lowest BCUT2D eigenvalue weighted by Crippen LogP contribution is -2.33. The zero-order valence-corrected chi connectivity index (χ0v) is 15.9. The lowest BCUT2D eigenvalue weighted by atomic mass is 10.1. The number of aromatic nitrogens is 1. The number of carbonyl (C=O) groups excluding carboxylic acids is 1. The van der Waals surface area contributed by atoms with Crippen molar-refractivity contribution in [3.05, 3.63) is 24.5 Å². The van der Waals surface area contributed by atoms with E-state index >= 15 is 0 Å². The Morgan fingerprint density at radius 2 is 1.89 bits per heavy atom. The van der Waals surface area contributed by atoms with Gasteiger partial charge in [0.25, 0.3) is 0 Å². The van der Waals surface area contributed by atoms with Crippen molar-refractivity contribution in [3.63, 3.8) is 0 Å².